The molecule has 1 N–H and O–H groups in total. The molecule has 0 bridgehead atoms. The van der Waals surface area contributed by atoms with Crippen molar-refractivity contribution in [1.82, 2.24) is 15.0 Å². The summed E-state index contributed by atoms with van der Waals surface area (Å²) in [4.78, 5) is 12.4. The Morgan fingerprint density at radius 2 is 1.66 bits per heavy atom. The summed E-state index contributed by atoms with van der Waals surface area (Å²) in [5.41, 5.74) is 8.58. The third kappa shape index (κ3) is 3.99. The van der Waals surface area contributed by atoms with Gasteiger partial charge in [0, 0.05) is 12.6 Å². The Morgan fingerprint density at radius 3 is 2.31 bits per heavy atom. The van der Waals surface area contributed by atoms with Gasteiger partial charge in [-0.3, -0.25) is 4.98 Å². The van der Waals surface area contributed by atoms with Gasteiger partial charge in [0.25, 0.3) is 0 Å². The van der Waals surface area contributed by atoms with Crippen molar-refractivity contribution in [3.8, 4) is 23.0 Å². The Hall–Kier alpha value is -4.26. The third-order valence-corrected chi connectivity index (χ3v) is 6.37. The number of imidazole rings is 1. The van der Waals surface area contributed by atoms with Crippen molar-refractivity contribution in [2.45, 2.75) is 13.3 Å². The second kappa shape index (κ2) is 9.18. The van der Waals surface area contributed by atoms with E-state index >= 15 is 0 Å². The van der Waals surface area contributed by atoms with Gasteiger partial charge in [-0.2, -0.15) is 0 Å². The first-order valence-corrected chi connectivity index (χ1v) is 11.3. The van der Waals surface area contributed by atoms with E-state index in [-0.39, 0.29) is 0 Å². The monoisotopic (exact) mass is 469 g/mol. The fourth-order valence-electron chi connectivity index (χ4n) is 4.63. The molecule has 2 aromatic carbocycles. The normalized spacial score (nSPS) is 13.9. The van der Waals surface area contributed by atoms with Crippen LogP contribution in [0, 0.1) is 0 Å². The zero-order valence-electron chi connectivity index (χ0n) is 20.4. The molecule has 1 aliphatic rings. The maximum Gasteiger partial charge on any atom is 0.203 e. The Labute approximate surface area is 204 Å². The molecule has 0 aliphatic heterocycles. The molecule has 178 valence electrons. The number of ether oxygens (including phenoxy) is 4. The summed E-state index contributed by atoms with van der Waals surface area (Å²) in [5, 5.41) is 0. The average molecular weight is 470 g/mol. The van der Waals surface area contributed by atoms with E-state index in [0.717, 1.165) is 44.9 Å². The number of methoxy groups -OCH3 is 4. The van der Waals surface area contributed by atoms with Crippen LogP contribution in [0.25, 0.3) is 28.3 Å². The van der Waals surface area contributed by atoms with Crippen LogP contribution in [0.2, 0.25) is 0 Å². The van der Waals surface area contributed by atoms with Gasteiger partial charge in [-0.1, -0.05) is 6.07 Å². The van der Waals surface area contributed by atoms with E-state index in [1.807, 2.05) is 24.3 Å². The van der Waals surface area contributed by atoms with E-state index in [1.165, 1.54) is 11.1 Å². The van der Waals surface area contributed by atoms with Gasteiger partial charge in [-0.25, -0.2) is 4.98 Å². The van der Waals surface area contributed by atoms with E-state index in [0.29, 0.717) is 23.7 Å². The minimum Gasteiger partial charge on any atom is -0.497 e. The molecule has 0 radical (unpaired) electrons. The molecule has 0 atom stereocenters. The lowest BCUT2D eigenvalue weighted by Crippen LogP contribution is -1.95. The molecule has 35 heavy (non-hydrogen) atoms. The lowest BCUT2D eigenvalue weighted by atomic mass is 10.00. The molecule has 7 heteroatoms. The molecular formula is C28H27N3O4. The van der Waals surface area contributed by atoms with Gasteiger partial charge in [-0.05, 0) is 76.7 Å². The van der Waals surface area contributed by atoms with Crippen molar-refractivity contribution < 1.29 is 18.9 Å². The van der Waals surface area contributed by atoms with Crippen LogP contribution >= 0.6 is 0 Å². The highest BCUT2D eigenvalue weighted by atomic mass is 16.5. The minimum absolute atomic E-state index is 0.570. The summed E-state index contributed by atoms with van der Waals surface area (Å²) in [5.74, 6) is 3.51. The van der Waals surface area contributed by atoms with Crippen LogP contribution in [0.1, 0.15) is 29.4 Å². The molecule has 1 aliphatic carbocycles. The summed E-state index contributed by atoms with van der Waals surface area (Å²) in [7, 11) is 6.53. The van der Waals surface area contributed by atoms with Crippen molar-refractivity contribution in [3.05, 3.63) is 76.9 Å². The highest BCUT2D eigenvalue weighted by Gasteiger charge is 2.26. The maximum absolute atomic E-state index is 5.56. The fraction of sp³-hybridized carbons (Fsp3) is 0.214. The second-order valence-electron chi connectivity index (χ2n) is 8.28. The van der Waals surface area contributed by atoms with Crippen LogP contribution in [0.3, 0.4) is 0 Å². The molecule has 0 saturated heterocycles. The number of benzene rings is 2. The number of hydrogen-bond donors (Lipinski definition) is 1. The molecule has 5 rings (SSSR count). The van der Waals surface area contributed by atoms with Gasteiger partial charge in [-0.15, -0.1) is 0 Å². The molecular weight excluding hydrogens is 442 g/mol. The van der Waals surface area contributed by atoms with Gasteiger partial charge >= 0.3 is 0 Å². The maximum atomic E-state index is 5.56. The van der Waals surface area contributed by atoms with Crippen molar-refractivity contribution in [1.29, 1.82) is 0 Å². The molecule has 0 saturated carbocycles. The van der Waals surface area contributed by atoms with Gasteiger partial charge < -0.3 is 23.9 Å². The Bertz CT molecular complexity index is 1420. The highest BCUT2D eigenvalue weighted by molar-refractivity contribution is 6.05. The number of H-pyrrole nitrogens is 1. The topological polar surface area (TPSA) is 78.5 Å². The first-order chi connectivity index (χ1) is 17.1. The van der Waals surface area contributed by atoms with E-state index in [4.69, 9.17) is 23.9 Å². The molecule has 4 aromatic rings. The predicted octanol–water partition coefficient (Wildman–Crippen LogP) is 5.56. The van der Waals surface area contributed by atoms with Gasteiger partial charge in [0.2, 0.25) is 5.75 Å². The second-order valence-corrected chi connectivity index (χ2v) is 8.28. The molecule has 0 amide bonds. The van der Waals surface area contributed by atoms with Crippen molar-refractivity contribution in [2.75, 3.05) is 28.4 Å². The largest absolute Gasteiger partial charge is 0.497 e. The van der Waals surface area contributed by atoms with Gasteiger partial charge in [0.15, 0.2) is 11.5 Å². The van der Waals surface area contributed by atoms with Crippen LogP contribution in [-0.2, 0) is 6.42 Å². The predicted molar refractivity (Wildman–Crippen MR) is 137 cm³/mol. The van der Waals surface area contributed by atoms with Crippen LogP contribution in [0.5, 0.6) is 23.0 Å². The van der Waals surface area contributed by atoms with Crippen molar-refractivity contribution in [3.63, 3.8) is 0 Å². The number of aromatic nitrogens is 3. The van der Waals surface area contributed by atoms with Gasteiger partial charge in [0.05, 0.1) is 45.7 Å². The Morgan fingerprint density at radius 1 is 0.886 bits per heavy atom. The van der Waals surface area contributed by atoms with Crippen LogP contribution < -0.4 is 18.9 Å². The lowest BCUT2D eigenvalue weighted by molar-refractivity contribution is 0.324. The highest BCUT2D eigenvalue weighted by Crippen LogP contribution is 2.46. The molecule has 0 unspecified atom stereocenters. The van der Waals surface area contributed by atoms with Crippen LogP contribution in [-0.4, -0.2) is 43.4 Å². The molecule has 2 heterocycles. The number of nitrogens with zero attached hydrogens (tertiary/aromatic N) is 2. The number of pyridine rings is 1. The first-order valence-electron chi connectivity index (χ1n) is 11.3. The quantitative estimate of drug-likeness (QED) is 0.382. The zero-order valence-corrected chi connectivity index (χ0v) is 20.4. The standard InChI is InChI=1S/C28H27N3O4/c1-16-20(10-17-11-25(33-3)28(35-5)26(12-17)34-4)19-7-6-18(32-2)13-22(19)21(16)14-27-30-23-8-9-29-15-24(23)31-27/h6-13,15H,14H2,1-5H3,(H,30,31)/b20-10-. The summed E-state index contributed by atoms with van der Waals surface area (Å²) < 4.78 is 22.1. The number of aromatic amines is 1. The Balaban J connectivity index is 1.64. The van der Waals surface area contributed by atoms with E-state index in [9.17, 15) is 0 Å². The van der Waals surface area contributed by atoms with Crippen molar-refractivity contribution >= 4 is 28.3 Å². The fourth-order valence-corrected chi connectivity index (χ4v) is 4.63. The zero-order chi connectivity index (χ0) is 24.5. The third-order valence-electron chi connectivity index (χ3n) is 6.37. The number of rotatable bonds is 7. The summed E-state index contributed by atoms with van der Waals surface area (Å²) in [6, 6.07) is 12.0. The number of fused-ring (bicyclic) bond motifs is 2. The Kier molecular flexibility index (Phi) is 5.91. The number of allylic oxidation sites excluding steroid dienone is 3. The molecule has 2 aromatic heterocycles. The van der Waals surface area contributed by atoms with E-state index in [2.05, 4.69) is 35.1 Å². The SMILES string of the molecule is COc1ccc2c(c1)C(Cc1nc3ccncc3[nH]1)=C(C)/C2=C/c1cc(OC)c(OC)c(OC)c1. The van der Waals surface area contributed by atoms with E-state index < -0.39 is 0 Å². The average Bonchev–Trinajstić information content (AvgIpc) is 3.41. The van der Waals surface area contributed by atoms with E-state index in [1.54, 1.807) is 40.8 Å². The molecule has 0 fully saturated rings. The minimum atomic E-state index is 0.570. The molecule has 7 nitrogen and oxygen atoms in total. The smallest absolute Gasteiger partial charge is 0.203 e. The summed E-state index contributed by atoms with van der Waals surface area (Å²) in [6.07, 6.45) is 6.37. The lowest BCUT2D eigenvalue weighted by Gasteiger charge is -2.13. The molecule has 0 spiro atoms. The summed E-state index contributed by atoms with van der Waals surface area (Å²) >= 11 is 0. The van der Waals surface area contributed by atoms with Crippen molar-refractivity contribution in [2.24, 2.45) is 0 Å². The first kappa shape index (κ1) is 22.5. The summed E-state index contributed by atoms with van der Waals surface area (Å²) in [6.45, 7) is 2.15. The number of hydrogen-bond acceptors (Lipinski definition) is 6. The number of nitrogens with one attached hydrogen (secondary N) is 1. The van der Waals surface area contributed by atoms with Gasteiger partial charge in [0.1, 0.15) is 11.6 Å². The van der Waals surface area contributed by atoms with Crippen LogP contribution in [0.4, 0.5) is 0 Å². The van der Waals surface area contributed by atoms with Crippen LogP contribution in [0.15, 0.2) is 54.4 Å².